The topological polar surface area (TPSA) is 60.4 Å². The second kappa shape index (κ2) is 5.69. The number of sulfone groups is 1. The molecular formula is C13H17FO4S. The number of hydrogen-bond acceptors (Lipinski definition) is 4. The summed E-state index contributed by atoms with van der Waals surface area (Å²) in [5.74, 6) is -1.43. The molecule has 0 amide bonds. The van der Waals surface area contributed by atoms with E-state index in [1.54, 1.807) is 20.8 Å². The summed E-state index contributed by atoms with van der Waals surface area (Å²) in [6.45, 7) is 5.12. The minimum atomic E-state index is -3.60. The summed E-state index contributed by atoms with van der Waals surface area (Å²) in [7, 11) is -3.60. The largest absolute Gasteiger partial charge is 0.460 e. The molecule has 106 valence electrons. The fraction of sp³-hybridized carbons (Fsp3) is 0.462. The average Bonchev–Trinajstić information content (AvgIpc) is 2.25. The van der Waals surface area contributed by atoms with Gasteiger partial charge in [0.1, 0.15) is 11.4 Å². The van der Waals surface area contributed by atoms with E-state index in [0.29, 0.717) is 0 Å². The molecule has 0 aliphatic carbocycles. The van der Waals surface area contributed by atoms with Gasteiger partial charge in [-0.15, -0.1) is 0 Å². The predicted octanol–water partition coefficient (Wildman–Crippen LogP) is 2.33. The molecule has 0 aromatic heterocycles. The number of halogens is 1. The van der Waals surface area contributed by atoms with Gasteiger partial charge in [0.2, 0.25) is 0 Å². The molecule has 6 heteroatoms. The number of esters is 1. The van der Waals surface area contributed by atoms with Crippen molar-refractivity contribution in [1.82, 2.24) is 0 Å². The van der Waals surface area contributed by atoms with Gasteiger partial charge in [0.15, 0.2) is 9.84 Å². The minimum Gasteiger partial charge on any atom is -0.460 e. The summed E-state index contributed by atoms with van der Waals surface area (Å²) >= 11 is 0. The van der Waals surface area contributed by atoms with Crippen molar-refractivity contribution in [3.8, 4) is 0 Å². The van der Waals surface area contributed by atoms with Crippen LogP contribution in [0.1, 0.15) is 27.2 Å². The molecule has 1 aromatic rings. The van der Waals surface area contributed by atoms with Crippen LogP contribution < -0.4 is 0 Å². The molecule has 0 saturated heterocycles. The van der Waals surface area contributed by atoms with E-state index < -0.39 is 27.2 Å². The van der Waals surface area contributed by atoms with Crippen molar-refractivity contribution in [2.24, 2.45) is 0 Å². The first-order chi connectivity index (χ1) is 8.60. The van der Waals surface area contributed by atoms with Gasteiger partial charge in [-0.2, -0.15) is 0 Å². The Bertz CT molecular complexity index is 541. The average molecular weight is 288 g/mol. The highest BCUT2D eigenvalue weighted by Crippen LogP contribution is 2.14. The third-order valence-corrected chi connectivity index (χ3v) is 3.90. The zero-order valence-electron chi connectivity index (χ0n) is 11.1. The van der Waals surface area contributed by atoms with E-state index in [1.807, 2.05) is 0 Å². The van der Waals surface area contributed by atoms with Gasteiger partial charge in [-0.05, 0) is 45.0 Å². The molecule has 0 heterocycles. The van der Waals surface area contributed by atoms with E-state index in [4.69, 9.17) is 4.74 Å². The van der Waals surface area contributed by atoms with Crippen molar-refractivity contribution in [2.75, 3.05) is 5.75 Å². The van der Waals surface area contributed by atoms with Crippen molar-refractivity contribution in [1.29, 1.82) is 0 Å². The van der Waals surface area contributed by atoms with Crippen LogP contribution in [0.15, 0.2) is 29.2 Å². The number of hydrogen-bond donors (Lipinski definition) is 0. The Morgan fingerprint density at radius 2 is 1.74 bits per heavy atom. The second-order valence-electron chi connectivity index (χ2n) is 5.11. The highest BCUT2D eigenvalue weighted by Gasteiger charge is 2.20. The number of rotatable bonds is 4. The summed E-state index contributed by atoms with van der Waals surface area (Å²) in [4.78, 5) is 11.4. The Morgan fingerprint density at radius 1 is 1.21 bits per heavy atom. The van der Waals surface area contributed by atoms with Gasteiger partial charge < -0.3 is 4.74 Å². The van der Waals surface area contributed by atoms with Crippen LogP contribution in [-0.4, -0.2) is 25.7 Å². The lowest BCUT2D eigenvalue weighted by Crippen LogP contribution is -2.25. The van der Waals surface area contributed by atoms with Crippen LogP contribution in [0.4, 0.5) is 4.39 Å². The fourth-order valence-corrected chi connectivity index (χ4v) is 2.59. The highest BCUT2D eigenvalue weighted by molar-refractivity contribution is 7.91. The lowest BCUT2D eigenvalue weighted by molar-refractivity contribution is -0.154. The molecule has 0 atom stereocenters. The number of carbonyl (C=O) groups excluding carboxylic acids is 1. The van der Waals surface area contributed by atoms with Crippen molar-refractivity contribution < 1.29 is 22.3 Å². The van der Waals surface area contributed by atoms with Crippen LogP contribution >= 0.6 is 0 Å². The van der Waals surface area contributed by atoms with Crippen LogP contribution in [0, 0.1) is 5.82 Å². The van der Waals surface area contributed by atoms with Gasteiger partial charge in [-0.1, -0.05) is 0 Å². The molecule has 0 aliphatic heterocycles. The van der Waals surface area contributed by atoms with Crippen molar-refractivity contribution in [3.63, 3.8) is 0 Å². The number of benzene rings is 1. The second-order valence-corrected chi connectivity index (χ2v) is 7.22. The number of carbonyl (C=O) groups is 1. The summed E-state index contributed by atoms with van der Waals surface area (Å²) in [5.41, 5.74) is -0.642. The fourth-order valence-electron chi connectivity index (χ4n) is 1.37. The molecule has 0 unspecified atom stereocenters. The van der Waals surface area contributed by atoms with E-state index >= 15 is 0 Å². The Labute approximate surface area is 112 Å². The van der Waals surface area contributed by atoms with Crippen LogP contribution in [0.25, 0.3) is 0 Å². The monoisotopic (exact) mass is 288 g/mol. The smallest absolute Gasteiger partial charge is 0.307 e. The summed E-state index contributed by atoms with van der Waals surface area (Å²) in [5, 5.41) is 0. The summed E-state index contributed by atoms with van der Waals surface area (Å²) < 4.78 is 41.5. The molecule has 0 fully saturated rings. The van der Waals surface area contributed by atoms with E-state index in [0.717, 1.165) is 12.1 Å². The zero-order valence-corrected chi connectivity index (χ0v) is 12.0. The van der Waals surface area contributed by atoms with Crippen molar-refractivity contribution in [3.05, 3.63) is 30.1 Å². The third kappa shape index (κ3) is 5.38. The SMILES string of the molecule is CC(C)(C)OC(=O)CCS(=O)(=O)c1ccc(F)cc1. The molecule has 0 N–H and O–H groups in total. The highest BCUT2D eigenvalue weighted by atomic mass is 32.2. The molecule has 1 aromatic carbocycles. The summed E-state index contributed by atoms with van der Waals surface area (Å²) in [6.07, 6.45) is -0.225. The maximum Gasteiger partial charge on any atom is 0.307 e. The van der Waals surface area contributed by atoms with Crippen LogP contribution in [-0.2, 0) is 19.4 Å². The number of ether oxygens (including phenoxy) is 1. The Hall–Kier alpha value is -1.43. The van der Waals surface area contributed by atoms with Crippen LogP contribution in [0.2, 0.25) is 0 Å². The zero-order chi connectivity index (χ0) is 14.7. The minimum absolute atomic E-state index is 0.00235. The Kier molecular flexibility index (Phi) is 4.68. The molecular weight excluding hydrogens is 271 g/mol. The van der Waals surface area contributed by atoms with Gasteiger partial charge >= 0.3 is 5.97 Å². The molecule has 0 spiro atoms. The van der Waals surface area contributed by atoms with Gasteiger partial charge in [0.25, 0.3) is 0 Å². The molecule has 19 heavy (non-hydrogen) atoms. The van der Waals surface area contributed by atoms with Crippen molar-refractivity contribution >= 4 is 15.8 Å². The standard InChI is InChI=1S/C13H17FO4S/c1-13(2,3)18-12(15)8-9-19(16,17)11-6-4-10(14)5-7-11/h4-7H,8-9H2,1-3H3. The van der Waals surface area contributed by atoms with Crippen molar-refractivity contribution in [2.45, 2.75) is 37.7 Å². The third-order valence-electron chi connectivity index (χ3n) is 2.17. The predicted molar refractivity (Wildman–Crippen MR) is 68.9 cm³/mol. The first-order valence-electron chi connectivity index (χ1n) is 5.80. The first-order valence-corrected chi connectivity index (χ1v) is 7.45. The molecule has 0 radical (unpaired) electrons. The van der Waals surface area contributed by atoms with E-state index in [9.17, 15) is 17.6 Å². The van der Waals surface area contributed by atoms with Gasteiger partial charge in [-0.3, -0.25) is 4.79 Å². The van der Waals surface area contributed by atoms with Crippen LogP contribution in [0.5, 0.6) is 0 Å². The van der Waals surface area contributed by atoms with E-state index in [-0.39, 0.29) is 17.1 Å². The normalized spacial score (nSPS) is 12.2. The lowest BCUT2D eigenvalue weighted by Gasteiger charge is -2.19. The first kappa shape index (κ1) is 15.6. The molecule has 0 saturated carbocycles. The Morgan fingerprint density at radius 3 is 2.21 bits per heavy atom. The lowest BCUT2D eigenvalue weighted by atomic mass is 10.2. The van der Waals surface area contributed by atoms with E-state index in [2.05, 4.69) is 0 Å². The van der Waals surface area contributed by atoms with Gasteiger partial charge in [0, 0.05) is 0 Å². The quantitative estimate of drug-likeness (QED) is 0.630. The van der Waals surface area contributed by atoms with Crippen LogP contribution in [0.3, 0.4) is 0 Å². The molecule has 0 aliphatic rings. The maximum absolute atomic E-state index is 12.7. The molecule has 0 bridgehead atoms. The molecule has 4 nitrogen and oxygen atoms in total. The van der Waals surface area contributed by atoms with E-state index in [1.165, 1.54) is 12.1 Å². The summed E-state index contributed by atoms with van der Waals surface area (Å²) in [6, 6.07) is 4.50. The Balaban J connectivity index is 2.66. The van der Waals surface area contributed by atoms with Gasteiger partial charge in [0.05, 0.1) is 17.1 Å². The van der Waals surface area contributed by atoms with Gasteiger partial charge in [-0.25, -0.2) is 12.8 Å². The molecule has 1 rings (SSSR count). The maximum atomic E-state index is 12.7.